The summed E-state index contributed by atoms with van der Waals surface area (Å²) >= 11 is 0. The summed E-state index contributed by atoms with van der Waals surface area (Å²) in [6, 6.07) is 12.6. The number of aromatic hydroxyl groups is 1. The second kappa shape index (κ2) is 11.8. The maximum absolute atomic E-state index is 13.8. The number of sulfonamides is 1. The van der Waals surface area contributed by atoms with Crippen LogP contribution >= 0.6 is 0 Å². The molecule has 10 nitrogen and oxygen atoms in total. The van der Waals surface area contributed by atoms with Gasteiger partial charge in [0.25, 0.3) is 0 Å². The van der Waals surface area contributed by atoms with Crippen LogP contribution in [0, 0.1) is 5.92 Å². The monoisotopic (exact) mass is 530 g/mol. The molecule has 0 aliphatic rings. The van der Waals surface area contributed by atoms with Crippen LogP contribution in [0.5, 0.6) is 5.88 Å². The Morgan fingerprint density at radius 2 is 1.81 bits per heavy atom. The largest absolute Gasteiger partial charge is 0.494 e. The second-order valence-corrected chi connectivity index (χ2v) is 11.3. The average Bonchev–Trinajstić information content (AvgIpc) is 3.17. The minimum Gasteiger partial charge on any atom is -0.494 e. The Hall–Kier alpha value is -3.41. The number of aromatic nitrogens is 1. The molecule has 1 heterocycles. The SMILES string of the molecule is CN=C(C)c1c(O)[nH]c2ccc(S(=O)(=O)N(CC(C)C)CC(O)C(Cc3ccccc3)NC(=O)O)cc12. The molecule has 0 saturated carbocycles. The van der Waals surface area contributed by atoms with Crippen molar-refractivity contribution in [2.45, 2.75) is 44.2 Å². The molecule has 2 atom stereocenters. The lowest BCUT2D eigenvalue weighted by molar-refractivity contribution is 0.0980. The lowest BCUT2D eigenvalue weighted by Gasteiger charge is -2.30. The number of aromatic amines is 1. The van der Waals surface area contributed by atoms with Gasteiger partial charge in [0, 0.05) is 36.8 Å². The first-order valence-corrected chi connectivity index (χ1v) is 13.4. The number of nitrogens with zero attached hydrogens (tertiary/aromatic N) is 2. The standard InChI is InChI=1S/C26H34N4O6S/c1-16(2)14-30(15-23(31)22(29-26(33)34)12-18-8-6-5-7-9-18)37(35,36)19-10-11-21-20(13-19)24(17(3)27-4)25(32)28-21/h5-11,13,16,22-23,28-29,31-32H,12,14-15H2,1-4H3,(H,33,34). The van der Waals surface area contributed by atoms with Gasteiger partial charge in [0.1, 0.15) is 0 Å². The molecule has 3 rings (SSSR count). The number of benzene rings is 2. The van der Waals surface area contributed by atoms with E-state index in [4.69, 9.17) is 0 Å². The average molecular weight is 531 g/mol. The number of H-pyrrole nitrogens is 1. The lowest BCUT2D eigenvalue weighted by Crippen LogP contribution is -2.50. The molecule has 0 spiro atoms. The molecule has 2 unspecified atom stereocenters. The Labute approximate surface area is 216 Å². The Bertz CT molecular complexity index is 1370. The van der Waals surface area contributed by atoms with E-state index in [0.717, 1.165) is 5.56 Å². The molecule has 1 amide bonds. The zero-order chi connectivity index (χ0) is 27.3. The summed E-state index contributed by atoms with van der Waals surface area (Å²) in [4.78, 5) is 18.4. The molecule has 2 aromatic carbocycles. The van der Waals surface area contributed by atoms with Gasteiger partial charge < -0.3 is 25.6 Å². The van der Waals surface area contributed by atoms with E-state index in [0.29, 0.717) is 22.2 Å². The molecule has 200 valence electrons. The number of amides is 1. The highest BCUT2D eigenvalue weighted by molar-refractivity contribution is 7.89. The number of nitrogens with one attached hydrogen (secondary N) is 2. The van der Waals surface area contributed by atoms with Crippen LogP contribution in [0.3, 0.4) is 0 Å². The Kier molecular flexibility index (Phi) is 8.95. The first-order valence-electron chi connectivity index (χ1n) is 11.9. The van der Waals surface area contributed by atoms with Crippen LogP contribution in [-0.4, -0.2) is 77.1 Å². The summed E-state index contributed by atoms with van der Waals surface area (Å²) in [5, 5.41) is 33.6. The summed E-state index contributed by atoms with van der Waals surface area (Å²) in [5.74, 6) is -0.169. The fourth-order valence-corrected chi connectivity index (χ4v) is 5.92. The van der Waals surface area contributed by atoms with E-state index in [-0.39, 0.29) is 36.2 Å². The van der Waals surface area contributed by atoms with Crippen LogP contribution in [0.1, 0.15) is 31.9 Å². The van der Waals surface area contributed by atoms with Crippen LogP contribution in [0.15, 0.2) is 58.4 Å². The van der Waals surface area contributed by atoms with Crippen molar-refractivity contribution in [3.63, 3.8) is 0 Å². The number of carboxylic acid groups (broad SMARTS) is 1. The van der Waals surface area contributed by atoms with Crippen LogP contribution in [-0.2, 0) is 16.4 Å². The molecule has 11 heteroatoms. The fraction of sp³-hybridized carbons (Fsp3) is 0.385. The summed E-state index contributed by atoms with van der Waals surface area (Å²) < 4.78 is 28.7. The normalized spacial score (nSPS) is 14.3. The molecule has 0 bridgehead atoms. The predicted octanol–water partition coefficient (Wildman–Crippen LogP) is 3.20. The number of aliphatic imine (C=N–C) groups is 1. The van der Waals surface area contributed by atoms with Crippen LogP contribution in [0.25, 0.3) is 10.9 Å². The lowest BCUT2D eigenvalue weighted by atomic mass is 10.0. The second-order valence-electron chi connectivity index (χ2n) is 9.39. The molecule has 3 aromatic rings. The van der Waals surface area contributed by atoms with Crippen LogP contribution < -0.4 is 5.32 Å². The van der Waals surface area contributed by atoms with Crippen molar-refractivity contribution in [3.8, 4) is 5.88 Å². The summed E-state index contributed by atoms with van der Waals surface area (Å²) in [6.07, 6.45) is -2.43. The van der Waals surface area contributed by atoms with Gasteiger partial charge in [-0.1, -0.05) is 44.2 Å². The van der Waals surface area contributed by atoms with Gasteiger partial charge in [0.05, 0.1) is 22.6 Å². The number of aliphatic hydroxyl groups is 1. The topological polar surface area (TPSA) is 155 Å². The minimum atomic E-state index is -4.09. The molecule has 0 aliphatic heterocycles. The molecule has 0 saturated heterocycles. The van der Waals surface area contributed by atoms with Crippen molar-refractivity contribution in [3.05, 3.63) is 59.7 Å². The van der Waals surface area contributed by atoms with Crippen molar-refractivity contribution < 1.29 is 28.5 Å². The first kappa shape index (κ1) is 28.2. The number of carbonyl (C=O) groups is 1. The Morgan fingerprint density at radius 1 is 1.14 bits per heavy atom. The summed E-state index contributed by atoms with van der Waals surface area (Å²) in [5.41, 5.74) is 2.31. The highest BCUT2D eigenvalue weighted by Crippen LogP contribution is 2.31. The number of hydrogen-bond donors (Lipinski definition) is 5. The Balaban J connectivity index is 1.97. The van der Waals surface area contributed by atoms with E-state index in [1.165, 1.54) is 16.4 Å². The van der Waals surface area contributed by atoms with E-state index >= 15 is 0 Å². The van der Waals surface area contributed by atoms with Crippen molar-refractivity contribution in [2.24, 2.45) is 10.9 Å². The number of rotatable bonds is 11. The predicted molar refractivity (Wildman–Crippen MR) is 143 cm³/mol. The van der Waals surface area contributed by atoms with Gasteiger partial charge in [-0.3, -0.25) is 4.99 Å². The quantitative estimate of drug-likeness (QED) is 0.240. The van der Waals surface area contributed by atoms with Crippen molar-refractivity contribution >= 4 is 32.7 Å². The molecule has 1 aromatic heterocycles. The molecule has 0 aliphatic carbocycles. The van der Waals surface area contributed by atoms with Gasteiger partial charge in [0.2, 0.25) is 10.0 Å². The maximum Gasteiger partial charge on any atom is 0.404 e. The zero-order valence-corrected chi connectivity index (χ0v) is 22.2. The van der Waals surface area contributed by atoms with E-state index in [1.54, 1.807) is 20.0 Å². The van der Waals surface area contributed by atoms with Crippen LogP contribution in [0.2, 0.25) is 0 Å². The zero-order valence-electron chi connectivity index (χ0n) is 21.3. The van der Waals surface area contributed by atoms with Gasteiger partial charge in [0.15, 0.2) is 5.88 Å². The van der Waals surface area contributed by atoms with Gasteiger partial charge in [-0.2, -0.15) is 4.31 Å². The Morgan fingerprint density at radius 3 is 2.41 bits per heavy atom. The number of aliphatic hydroxyl groups excluding tert-OH is 1. The van der Waals surface area contributed by atoms with Crippen LogP contribution in [0.4, 0.5) is 4.79 Å². The third-order valence-electron chi connectivity index (χ3n) is 6.12. The van der Waals surface area contributed by atoms with E-state index in [2.05, 4.69) is 15.3 Å². The highest BCUT2D eigenvalue weighted by Gasteiger charge is 2.32. The molecule has 0 fully saturated rings. The first-order chi connectivity index (χ1) is 17.4. The molecule has 0 radical (unpaired) electrons. The number of fused-ring (bicyclic) bond motifs is 1. The third kappa shape index (κ3) is 6.68. The van der Waals surface area contributed by atoms with Gasteiger partial charge in [-0.05, 0) is 43.0 Å². The molecular weight excluding hydrogens is 496 g/mol. The highest BCUT2D eigenvalue weighted by atomic mass is 32.2. The van der Waals surface area contributed by atoms with Crippen molar-refractivity contribution in [1.82, 2.24) is 14.6 Å². The van der Waals surface area contributed by atoms with E-state index in [1.807, 2.05) is 44.2 Å². The van der Waals surface area contributed by atoms with Crippen molar-refractivity contribution in [2.75, 3.05) is 20.1 Å². The molecular formula is C26H34N4O6S. The van der Waals surface area contributed by atoms with Gasteiger partial charge in [-0.25, -0.2) is 13.2 Å². The minimum absolute atomic E-state index is 0.0113. The number of hydrogen-bond acceptors (Lipinski definition) is 6. The smallest absolute Gasteiger partial charge is 0.404 e. The summed E-state index contributed by atoms with van der Waals surface area (Å²) in [7, 11) is -2.51. The fourth-order valence-electron chi connectivity index (χ4n) is 4.27. The summed E-state index contributed by atoms with van der Waals surface area (Å²) in [6.45, 7) is 5.24. The molecule has 37 heavy (non-hydrogen) atoms. The van der Waals surface area contributed by atoms with Gasteiger partial charge >= 0.3 is 6.09 Å². The molecule has 5 N–H and O–H groups in total. The van der Waals surface area contributed by atoms with Gasteiger partial charge in [-0.15, -0.1) is 0 Å². The van der Waals surface area contributed by atoms with E-state index in [9.17, 15) is 28.5 Å². The van der Waals surface area contributed by atoms with Crippen molar-refractivity contribution in [1.29, 1.82) is 0 Å². The maximum atomic E-state index is 13.8. The third-order valence-corrected chi connectivity index (χ3v) is 7.94. The van der Waals surface area contributed by atoms with E-state index < -0.39 is 28.3 Å².